The Morgan fingerprint density at radius 2 is 1.71 bits per heavy atom. The molecule has 1 atom stereocenters. The lowest BCUT2D eigenvalue weighted by atomic mass is 10.1. The van der Waals surface area contributed by atoms with Gasteiger partial charge in [0.05, 0.1) is 46.0 Å². The van der Waals surface area contributed by atoms with Crippen molar-refractivity contribution in [1.29, 1.82) is 10.9 Å². The van der Waals surface area contributed by atoms with Crippen molar-refractivity contribution in [1.82, 2.24) is 9.13 Å². The van der Waals surface area contributed by atoms with Gasteiger partial charge in [0.1, 0.15) is 0 Å². The van der Waals surface area contributed by atoms with E-state index in [1.165, 1.54) is 0 Å². The van der Waals surface area contributed by atoms with Gasteiger partial charge in [0, 0.05) is 16.9 Å². The fraction of sp³-hybridized carbons (Fsp3) is 0.125. The van der Waals surface area contributed by atoms with E-state index in [9.17, 15) is 5.11 Å². The van der Waals surface area contributed by atoms with Crippen LogP contribution in [0.3, 0.4) is 0 Å². The van der Waals surface area contributed by atoms with E-state index >= 15 is 0 Å². The van der Waals surface area contributed by atoms with Gasteiger partial charge in [0.25, 0.3) is 0 Å². The first kappa shape index (κ1) is 24.0. The molecule has 10 heteroatoms. The van der Waals surface area contributed by atoms with Crippen LogP contribution in [0.25, 0.3) is 11.0 Å². The number of aliphatic hydroxyl groups is 1. The molecule has 0 amide bonds. The Kier molecular flexibility index (Phi) is 7.38. The quantitative estimate of drug-likeness (QED) is 0.199. The summed E-state index contributed by atoms with van der Waals surface area (Å²) in [6.07, 6.45) is 0.713. The Balaban J connectivity index is 1.65. The van der Waals surface area contributed by atoms with E-state index in [1.807, 2.05) is 36.4 Å². The molecule has 34 heavy (non-hydrogen) atoms. The Morgan fingerprint density at radius 3 is 2.38 bits per heavy atom. The van der Waals surface area contributed by atoms with Crippen LogP contribution < -0.4 is 10.9 Å². The van der Waals surface area contributed by atoms with Gasteiger partial charge in [-0.1, -0.05) is 59.1 Å². The highest BCUT2D eigenvalue weighted by Gasteiger charge is 2.17. The zero-order valence-corrected chi connectivity index (χ0v) is 20.1. The predicted octanol–water partition coefficient (Wildman–Crippen LogP) is 6.60. The van der Waals surface area contributed by atoms with Crippen molar-refractivity contribution in [3.05, 3.63) is 105 Å². The molecule has 0 saturated carbocycles. The first-order valence-electron chi connectivity index (χ1n) is 10.3. The number of hydrogen-bond acceptors (Lipinski definition) is 5. The Bertz CT molecular complexity index is 1440. The molecule has 0 bridgehead atoms. The van der Waals surface area contributed by atoms with Gasteiger partial charge in [0.15, 0.2) is 0 Å². The van der Waals surface area contributed by atoms with Crippen LogP contribution >= 0.6 is 34.8 Å². The fourth-order valence-corrected chi connectivity index (χ4v) is 4.15. The van der Waals surface area contributed by atoms with Crippen molar-refractivity contribution in [3.8, 4) is 0 Å². The average Bonchev–Trinajstić information content (AvgIpc) is 3.09. The molecule has 0 aliphatic heterocycles. The van der Waals surface area contributed by atoms with E-state index in [1.54, 1.807) is 45.7 Å². The molecule has 4 aromatic rings. The zero-order valence-electron chi connectivity index (χ0n) is 17.8. The average molecular weight is 516 g/mol. The minimum absolute atomic E-state index is 0.141. The van der Waals surface area contributed by atoms with Crippen LogP contribution in [0.1, 0.15) is 11.7 Å². The van der Waals surface area contributed by atoms with Gasteiger partial charge in [0.2, 0.25) is 5.62 Å². The van der Waals surface area contributed by atoms with E-state index in [0.29, 0.717) is 26.3 Å². The number of allylic oxidation sites excluding steroid dienone is 1. The van der Waals surface area contributed by atoms with Crippen molar-refractivity contribution < 1.29 is 5.11 Å². The van der Waals surface area contributed by atoms with Crippen LogP contribution in [0.15, 0.2) is 83.7 Å². The van der Waals surface area contributed by atoms with Gasteiger partial charge in [-0.05, 0) is 48.0 Å². The molecule has 0 fully saturated rings. The summed E-state index contributed by atoms with van der Waals surface area (Å²) in [5, 5.41) is 27.7. The second-order valence-electron chi connectivity index (χ2n) is 7.60. The summed E-state index contributed by atoms with van der Waals surface area (Å²) in [4.78, 5) is 0. The lowest BCUT2D eigenvalue weighted by Gasteiger charge is -2.13. The number of anilines is 1. The van der Waals surface area contributed by atoms with Gasteiger partial charge < -0.3 is 19.6 Å². The highest BCUT2D eigenvalue weighted by atomic mass is 35.5. The van der Waals surface area contributed by atoms with Crippen molar-refractivity contribution >= 4 is 51.5 Å². The van der Waals surface area contributed by atoms with Crippen LogP contribution in [0.5, 0.6) is 0 Å². The van der Waals surface area contributed by atoms with Crippen LogP contribution in [-0.4, -0.2) is 14.2 Å². The summed E-state index contributed by atoms with van der Waals surface area (Å²) < 4.78 is 3.45. The van der Waals surface area contributed by atoms with Gasteiger partial charge in [-0.15, -0.1) is 0 Å². The number of halogens is 3. The molecule has 1 aromatic heterocycles. The number of rotatable bonds is 8. The smallest absolute Gasteiger partial charge is 0.203 e. The number of nitrogens with zero attached hydrogens (tertiary/aromatic N) is 3. The normalized spacial score (nSPS) is 12.6. The molecular formula is C24H21Cl3N6O. The van der Waals surface area contributed by atoms with Gasteiger partial charge in [-0.2, -0.15) is 5.11 Å². The maximum Gasteiger partial charge on any atom is 0.203 e. The molecule has 0 saturated heterocycles. The molecular weight excluding hydrogens is 495 g/mol. The first-order valence-corrected chi connectivity index (χ1v) is 11.4. The third kappa shape index (κ3) is 5.18. The molecule has 0 spiro atoms. The third-order valence-corrected chi connectivity index (χ3v) is 6.33. The second-order valence-corrected chi connectivity index (χ2v) is 8.85. The minimum atomic E-state index is -0.900. The number of fused-ring (bicyclic) bond motifs is 1. The minimum Gasteiger partial charge on any atom is -0.387 e. The second kappa shape index (κ2) is 10.4. The van der Waals surface area contributed by atoms with Crippen molar-refractivity contribution in [2.45, 2.75) is 19.2 Å². The Hall–Kier alpha value is -3.10. The number of benzene rings is 3. The summed E-state index contributed by atoms with van der Waals surface area (Å²) >= 11 is 18.1. The SMILES string of the molecule is N=N/C(=C\Nc1cccc(Cl)c1)Cn1c(=N)n(CC(O)c2ccc(Cl)c(Cl)c2)c2ccccc21. The van der Waals surface area contributed by atoms with E-state index in [0.717, 1.165) is 16.7 Å². The molecule has 0 aliphatic carbocycles. The summed E-state index contributed by atoms with van der Waals surface area (Å²) in [6.45, 7) is 0.328. The molecule has 4 N–H and O–H groups in total. The van der Waals surface area contributed by atoms with Crippen LogP contribution in [0.2, 0.25) is 15.1 Å². The highest BCUT2D eigenvalue weighted by molar-refractivity contribution is 6.42. The van der Waals surface area contributed by atoms with Crippen molar-refractivity contribution in [2.75, 3.05) is 5.32 Å². The van der Waals surface area contributed by atoms with E-state index in [4.69, 9.17) is 45.7 Å². The monoisotopic (exact) mass is 514 g/mol. The molecule has 4 rings (SSSR count). The standard InChI is InChI=1S/C24H21Cl3N6O/c25-16-4-3-5-17(11-16)30-12-18(31-29)13-32-21-6-1-2-7-22(21)33(24(32)28)14-23(34)15-8-9-19(26)20(27)10-15/h1-12,23,28-30,34H,13-14H2/b18-12-,28-24?,31-29?. The van der Waals surface area contributed by atoms with Gasteiger partial charge in [-0.25, -0.2) is 5.53 Å². The highest BCUT2D eigenvalue weighted by Crippen LogP contribution is 2.27. The number of hydrogen-bond donors (Lipinski definition) is 4. The van der Waals surface area contributed by atoms with E-state index in [-0.39, 0.29) is 18.7 Å². The maximum absolute atomic E-state index is 10.8. The van der Waals surface area contributed by atoms with Crippen molar-refractivity contribution in [3.63, 3.8) is 0 Å². The molecule has 1 unspecified atom stereocenters. The Morgan fingerprint density at radius 1 is 0.971 bits per heavy atom. The third-order valence-electron chi connectivity index (χ3n) is 5.35. The zero-order chi connectivity index (χ0) is 24.2. The van der Waals surface area contributed by atoms with Crippen LogP contribution in [-0.2, 0) is 13.1 Å². The summed E-state index contributed by atoms with van der Waals surface area (Å²) in [5.74, 6) is 0. The van der Waals surface area contributed by atoms with E-state index in [2.05, 4.69) is 10.4 Å². The molecule has 3 aromatic carbocycles. The number of nitrogens with one attached hydrogen (secondary N) is 3. The molecule has 1 heterocycles. The van der Waals surface area contributed by atoms with Crippen LogP contribution in [0.4, 0.5) is 5.69 Å². The topological polar surface area (TPSA) is 102 Å². The summed E-state index contributed by atoms with van der Waals surface area (Å²) in [7, 11) is 0. The maximum atomic E-state index is 10.8. The lowest BCUT2D eigenvalue weighted by molar-refractivity contribution is 0.155. The number of aromatic nitrogens is 2. The molecule has 0 aliphatic rings. The largest absolute Gasteiger partial charge is 0.387 e. The number of aliphatic hydroxyl groups excluding tert-OH is 1. The summed E-state index contributed by atoms with van der Waals surface area (Å²) in [6, 6.07) is 19.7. The molecule has 0 radical (unpaired) electrons. The van der Waals surface area contributed by atoms with Gasteiger partial charge >= 0.3 is 0 Å². The lowest BCUT2D eigenvalue weighted by Crippen LogP contribution is -2.27. The Labute approximate surface area is 210 Å². The molecule has 174 valence electrons. The first-order chi connectivity index (χ1) is 16.4. The predicted molar refractivity (Wildman–Crippen MR) is 136 cm³/mol. The number of imidazole rings is 1. The fourth-order valence-electron chi connectivity index (χ4n) is 3.66. The number of para-hydroxylation sites is 2. The van der Waals surface area contributed by atoms with Gasteiger partial charge in [-0.3, -0.25) is 5.41 Å². The van der Waals surface area contributed by atoms with Crippen LogP contribution in [0, 0.1) is 10.9 Å². The summed E-state index contributed by atoms with van der Waals surface area (Å²) in [5.41, 5.74) is 11.1. The van der Waals surface area contributed by atoms with E-state index < -0.39 is 6.10 Å². The van der Waals surface area contributed by atoms with Crippen molar-refractivity contribution in [2.24, 2.45) is 5.11 Å². The molecule has 7 nitrogen and oxygen atoms in total.